The van der Waals surface area contributed by atoms with Gasteiger partial charge >= 0.3 is 0 Å². The topological polar surface area (TPSA) is 65.5 Å². The summed E-state index contributed by atoms with van der Waals surface area (Å²) in [4.78, 5) is 18.2. The van der Waals surface area contributed by atoms with Crippen LogP contribution in [0.15, 0.2) is 30.3 Å². The second kappa shape index (κ2) is 6.01. The van der Waals surface area contributed by atoms with Gasteiger partial charge in [0, 0.05) is 25.3 Å². The van der Waals surface area contributed by atoms with Gasteiger partial charge in [0.1, 0.15) is 16.7 Å². The first kappa shape index (κ1) is 15.1. The van der Waals surface area contributed by atoms with Crippen molar-refractivity contribution in [3.63, 3.8) is 0 Å². The minimum absolute atomic E-state index is 0.160. The van der Waals surface area contributed by atoms with Crippen LogP contribution in [0, 0.1) is 6.92 Å². The van der Waals surface area contributed by atoms with Crippen molar-refractivity contribution in [1.82, 2.24) is 4.98 Å². The summed E-state index contributed by atoms with van der Waals surface area (Å²) in [5, 5.41) is 12.4. The molecule has 0 radical (unpaired) electrons. The second-order valence-electron chi connectivity index (χ2n) is 4.88. The normalized spacial score (nSPS) is 10.3. The number of phenolic OH excluding ortho intramolecular Hbond substituents is 1. The summed E-state index contributed by atoms with van der Waals surface area (Å²) in [6, 6.07) is 7.93. The molecule has 0 aliphatic rings. The fraction of sp³-hybridized carbons (Fsp3) is 0.200. The molecule has 1 aromatic carbocycles. The van der Waals surface area contributed by atoms with Crippen LogP contribution < -0.4 is 10.2 Å². The molecule has 0 aliphatic carbocycles. The van der Waals surface area contributed by atoms with Gasteiger partial charge < -0.3 is 15.3 Å². The van der Waals surface area contributed by atoms with Gasteiger partial charge in [0.05, 0.1) is 0 Å². The van der Waals surface area contributed by atoms with Crippen molar-refractivity contribution in [2.75, 3.05) is 24.3 Å². The van der Waals surface area contributed by atoms with Crippen LogP contribution in [-0.4, -0.2) is 30.1 Å². The molecule has 6 heteroatoms. The van der Waals surface area contributed by atoms with Gasteiger partial charge in [0.15, 0.2) is 0 Å². The van der Waals surface area contributed by atoms with Gasteiger partial charge in [-0.25, -0.2) is 4.98 Å². The maximum Gasteiger partial charge on any atom is 0.255 e. The second-order valence-corrected chi connectivity index (χ2v) is 5.27. The summed E-state index contributed by atoms with van der Waals surface area (Å²) in [5.74, 6) is 0.485. The Morgan fingerprint density at radius 1 is 1.29 bits per heavy atom. The average molecular weight is 306 g/mol. The maximum absolute atomic E-state index is 12.3. The molecule has 2 N–H and O–H groups in total. The highest BCUT2D eigenvalue weighted by Crippen LogP contribution is 2.22. The highest BCUT2D eigenvalue weighted by Gasteiger charge is 2.12. The van der Waals surface area contributed by atoms with E-state index in [0.29, 0.717) is 17.1 Å². The molecule has 0 spiro atoms. The largest absolute Gasteiger partial charge is 0.508 e. The molecular weight excluding hydrogens is 290 g/mol. The lowest BCUT2D eigenvalue weighted by Crippen LogP contribution is -2.16. The molecule has 0 atom stereocenters. The fourth-order valence-corrected chi connectivity index (χ4v) is 2.03. The standard InChI is InChI=1S/C15H16ClN3O2/c1-9-6-11(20)4-5-12(9)17-15(21)10-7-13(16)18-14(8-10)19(2)3/h4-8,20H,1-3H3,(H,17,21). The van der Waals surface area contributed by atoms with E-state index in [1.807, 2.05) is 14.1 Å². The highest BCUT2D eigenvalue weighted by molar-refractivity contribution is 6.30. The zero-order valence-electron chi connectivity index (χ0n) is 12.0. The smallest absolute Gasteiger partial charge is 0.255 e. The summed E-state index contributed by atoms with van der Waals surface area (Å²) in [6.45, 7) is 1.81. The van der Waals surface area contributed by atoms with E-state index < -0.39 is 0 Å². The Hall–Kier alpha value is -2.27. The lowest BCUT2D eigenvalue weighted by atomic mass is 10.1. The number of rotatable bonds is 3. The number of hydrogen-bond acceptors (Lipinski definition) is 4. The Morgan fingerprint density at radius 2 is 2.00 bits per heavy atom. The van der Waals surface area contributed by atoms with Crippen molar-refractivity contribution in [2.45, 2.75) is 6.92 Å². The SMILES string of the molecule is Cc1cc(O)ccc1NC(=O)c1cc(Cl)nc(N(C)C)c1. The Balaban J connectivity index is 2.28. The average Bonchev–Trinajstić information content (AvgIpc) is 2.41. The first-order valence-electron chi connectivity index (χ1n) is 6.32. The zero-order valence-corrected chi connectivity index (χ0v) is 12.8. The summed E-state index contributed by atoms with van der Waals surface area (Å²) < 4.78 is 0. The van der Waals surface area contributed by atoms with Crippen LogP contribution in [0.1, 0.15) is 15.9 Å². The molecule has 0 aliphatic heterocycles. The van der Waals surface area contributed by atoms with Crippen LogP contribution in [0.4, 0.5) is 11.5 Å². The molecule has 0 fully saturated rings. The van der Waals surface area contributed by atoms with Gasteiger partial charge in [0.25, 0.3) is 5.91 Å². The van der Waals surface area contributed by atoms with Crippen molar-refractivity contribution in [3.8, 4) is 5.75 Å². The number of pyridine rings is 1. The van der Waals surface area contributed by atoms with Gasteiger partial charge in [-0.2, -0.15) is 0 Å². The van der Waals surface area contributed by atoms with Crippen molar-refractivity contribution >= 4 is 29.0 Å². The molecule has 110 valence electrons. The van der Waals surface area contributed by atoms with Crippen molar-refractivity contribution in [2.24, 2.45) is 0 Å². The summed E-state index contributed by atoms with van der Waals surface area (Å²) in [5.41, 5.74) is 1.83. The number of hydrogen-bond donors (Lipinski definition) is 2. The monoisotopic (exact) mass is 305 g/mol. The number of anilines is 2. The van der Waals surface area contributed by atoms with Crippen LogP contribution in [0.25, 0.3) is 0 Å². The van der Waals surface area contributed by atoms with Crippen molar-refractivity contribution < 1.29 is 9.90 Å². The van der Waals surface area contributed by atoms with Crippen LogP contribution in [-0.2, 0) is 0 Å². The molecule has 21 heavy (non-hydrogen) atoms. The number of aromatic hydroxyl groups is 1. The quantitative estimate of drug-likeness (QED) is 0.675. The molecule has 1 amide bonds. The van der Waals surface area contributed by atoms with E-state index in [0.717, 1.165) is 5.56 Å². The van der Waals surface area contributed by atoms with Gasteiger partial charge in [-0.3, -0.25) is 4.79 Å². The van der Waals surface area contributed by atoms with Gasteiger partial charge in [0.2, 0.25) is 0 Å². The Labute approximate surface area is 128 Å². The fourth-order valence-electron chi connectivity index (χ4n) is 1.83. The number of benzene rings is 1. The van der Waals surface area contributed by atoms with Gasteiger partial charge in [-0.05, 0) is 42.8 Å². The molecule has 2 rings (SSSR count). The van der Waals surface area contributed by atoms with E-state index >= 15 is 0 Å². The summed E-state index contributed by atoms with van der Waals surface area (Å²) in [6.07, 6.45) is 0. The van der Waals surface area contributed by atoms with Gasteiger partial charge in [-0.15, -0.1) is 0 Å². The number of aryl methyl sites for hydroxylation is 1. The molecule has 0 saturated carbocycles. The van der Waals surface area contributed by atoms with E-state index in [9.17, 15) is 9.90 Å². The predicted octanol–water partition coefficient (Wildman–Crippen LogP) is 3.07. The molecular formula is C15H16ClN3O2. The van der Waals surface area contributed by atoms with E-state index in [-0.39, 0.29) is 16.8 Å². The summed E-state index contributed by atoms with van der Waals surface area (Å²) >= 11 is 5.94. The number of carbonyl (C=O) groups is 1. The maximum atomic E-state index is 12.3. The predicted molar refractivity (Wildman–Crippen MR) is 84.4 cm³/mol. The minimum Gasteiger partial charge on any atom is -0.508 e. The van der Waals surface area contributed by atoms with Crippen LogP contribution >= 0.6 is 11.6 Å². The van der Waals surface area contributed by atoms with E-state index in [2.05, 4.69) is 10.3 Å². The highest BCUT2D eigenvalue weighted by atomic mass is 35.5. The summed E-state index contributed by atoms with van der Waals surface area (Å²) in [7, 11) is 3.65. The van der Waals surface area contributed by atoms with Crippen LogP contribution in [0.5, 0.6) is 5.75 Å². The zero-order chi connectivity index (χ0) is 15.6. The third kappa shape index (κ3) is 3.64. The van der Waals surface area contributed by atoms with E-state index in [1.54, 1.807) is 30.0 Å². The Bertz CT molecular complexity index is 687. The number of phenols is 1. The van der Waals surface area contributed by atoms with Crippen molar-refractivity contribution in [1.29, 1.82) is 0 Å². The van der Waals surface area contributed by atoms with Crippen LogP contribution in [0.2, 0.25) is 5.15 Å². The lowest BCUT2D eigenvalue weighted by molar-refractivity contribution is 0.102. The number of nitrogens with zero attached hydrogens (tertiary/aromatic N) is 2. The Morgan fingerprint density at radius 3 is 2.62 bits per heavy atom. The van der Waals surface area contributed by atoms with Gasteiger partial charge in [-0.1, -0.05) is 11.6 Å². The van der Waals surface area contributed by atoms with E-state index in [1.165, 1.54) is 12.1 Å². The lowest BCUT2D eigenvalue weighted by Gasteiger charge is -2.13. The number of amides is 1. The van der Waals surface area contributed by atoms with Crippen LogP contribution in [0.3, 0.4) is 0 Å². The molecule has 1 aromatic heterocycles. The number of aromatic nitrogens is 1. The number of nitrogens with one attached hydrogen (secondary N) is 1. The Kier molecular flexibility index (Phi) is 4.33. The molecule has 0 saturated heterocycles. The van der Waals surface area contributed by atoms with Crippen molar-refractivity contribution in [3.05, 3.63) is 46.6 Å². The minimum atomic E-state index is -0.281. The molecule has 2 aromatic rings. The molecule has 1 heterocycles. The number of halogens is 1. The first-order valence-corrected chi connectivity index (χ1v) is 6.70. The molecule has 0 unspecified atom stereocenters. The molecule has 0 bridgehead atoms. The molecule has 5 nitrogen and oxygen atoms in total. The third-order valence-corrected chi connectivity index (χ3v) is 3.15. The van der Waals surface area contributed by atoms with E-state index in [4.69, 9.17) is 11.6 Å². The first-order chi connectivity index (χ1) is 9.86. The number of carbonyl (C=O) groups excluding carboxylic acids is 1. The third-order valence-electron chi connectivity index (χ3n) is 2.96.